The van der Waals surface area contributed by atoms with Gasteiger partial charge in [-0.05, 0) is 24.1 Å². The quantitative estimate of drug-likeness (QED) is 0.711. The van der Waals surface area contributed by atoms with Gasteiger partial charge < -0.3 is 11.1 Å². The molecule has 0 aliphatic carbocycles. The lowest BCUT2D eigenvalue weighted by molar-refractivity contribution is 0.983. The molecule has 128 valence electrons. The molecule has 24 heavy (non-hydrogen) atoms. The summed E-state index contributed by atoms with van der Waals surface area (Å²) < 4.78 is 0. The Morgan fingerprint density at radius 2 is 2.08 bits per heavy atom. The molecule has 0 aliphatic rings. The summed E-state index contributed by atoms with van der Waals surface area (Å²) in [4.78, 5) is 18.9. The number of H-pyrrole nitrogens is 1. The fraction of sp³-hybridized carbons (Fsp3) is 0.263. The summed E-state index contributed by atoms with van der Waals surface area (Å²) in [6.07, 6.45) is 5.59. The van der Waals surface area contributed by atoms with Gasteiger partial charge in [0.25, 0.3) is 5.56 Å². The van der Waals surface area contributed by atoms with Gasteiger partial charge in [0.1, 0.15) is 0 Å². The van der Waals surface area contributed by atoms with Crippen molar-refractivity contribution in [3.8, 4) is 11.3 Å². The predicted molar refractivity (Wildman–Crippen MR) is 103 cm³/mol. The van der Waals surface area contributed by atoms with Gasteiger partial charge in [0.2, 0.25) is 5.95 Å². The van der Waals surface area contributed by atoms with E-state index in [1.807, 2.05) is 51.1 Å². The van der Waals surface area contributed by atoms with Crippen LogP contribution in [0.25, 0.3) is 17.3 Å². The molecule has 0 unspecified atom stereocenters. The first-order valence-corrected chi connectivity index (χ1v) is 8.09. The normalized spacial score (nSPS) is 10.2. The third kappa shape index (κ3) is 5.52. The number of benzene rings is 1. The number of hydrogen-bond donors (Lipinski definition) is 3. The third-order valence-electron chi connectivity index (χ3n) is 3.17. The van der Waals surface area contributed by atoms with E-state index in [1.54, 1.807) is 6.08 Å². The molecule has 0 fully saturated rings. The molecule has 0 atom stereocenters. The molecule has 4 N–H and O–H groups in total. The number of hydrogen-bond acceptors (Lipinski definition) is 4. The van der Waals surface area contributed by atoms with Crippen molar-refractivity contribution in [2.45, 2.75) is 20.8 Å². The zero-order valence-electron chi connectivity index (χ0n) is 14.6. The molecule has 0 amide bonds. The first-order chi connectivity index (χ1) is 11.6. The van der Waals surface area contributed by atoms with E-state index in [9.17, 15) is 4.79 Å². The lowest BCUT2D eigenvalue weighted by atomic mass is 10.0. The van der Waals surface area contributed by atoms with Crippen molar-refractivity contribution in [3.05, 3.63) is 64.5 Å². The van der Waals surface area contributed by atoms with Crippen LogP contribution in [0.15, 0.2) is 47.8 Å². The number of nitrogens with one attached hydrogen (secondary N) is 2. The van der Waals surface area contributed by atoms with Crippen molar-refractivity contribution in [2.75, 3.05) is 18.4 Å². The van der Waals surface area contributed by atoms with Crippen molar-refractivity contribution in [3.63, 3.8) is 0 Å². The molecule has 2 aromatic rings. The van der Waals surface area contributed by atoms with Crippen LogP contribution in [-0.2, 0) is 0 Å². The summed E-state index contributed by atoms with van der Waals surface area (Å²) in [5.74, 6) is 0.428. The van der Waals surface area contributed by atoms with Gasteiger partial charge in [-0.2, -0.15) is 0 Å². The molecule has 5 nitrogen and oxygen atoms in total. The average Bonchev–Trinajstić information content (AvgIpc) is 2.60. The fourth-order valence-corrected chi connectivity index (χ4v) is 2.03. The van der Waals surface area contributed by atoms with Crippen LogP contribution < -0.4 is 16.6 Å². The molecule has 0 saturated carbocycles. The number of anilines is 1. The molecule has 1 heterocycles. The van der Waals surface area contributed by atoms with Crippen molar-refractivity contribution < 1.29 is 0 Å². The smallest absolute Gasteiger partial charge is 0.252 e. The predicted octanol–water partition coefficient (Wildman–Crippen LogP) is 3.34. The highest BCUT2D eigenvalue weighted by Gasteiger charge is 2.05. The summed E-state index contributed by atoms with van der Waals surface area (Å²) in [5, 5.41) is 2.99. The molecule has 0 saturated heterocycles. The Morgan fingerprint density at radius 1 is 1.33 bits per heavy atom. The Bertz CT molecular complexity index is 747. The van der Waals surface area contributed by atoms with E-state index in [1.165, 1.54) is 6.07 Å². The monoisotopic (exact) mass is 326 g/mol. The molecular formula is C19H26N4O. The Labute approximate surface area is 143 Å². The molecule has 2 rings (SSSR count). The summed E-state index contributed by atoms with van der Waals surface area (Å²) in [5.41, 5.74) is 8.97. The molecule has 1 aromatic heterocycles. The molecule has 0 aliphatic heterocycles. The number of rotatable bonds is 6. The van der Waals surface area contributed by atoms with E-state index < -0.39 is 0 Å². The van der Waals surface area contributed by atoms with Crippen LogP contribution in [0.2, 0.25) is 0 Å². The minimum Gasteiger partial charge on any atom is -0.354 e. The second-order valence-corrected chi connectivity index (χ2v) is 4.86. The summed E-state index contributed by atoms with van der Waals surface area (Å²) in [6.45, 7) is 10.7. The van der Waals surface area contributed by atoms with Gasteiger partial charge >= 0.3 is 0 Å². The third-order valence-corrected chi connectivity index (χ3v) is 3.17. The maximum absolute atomic E-state index is 11.8. The average molecular weight is 326 g/mol. The molecule has 1 aromatic carbocycles. The van der Waals surface area contributed by atoms with Gasteiger partial charge in [0, 0.05) is 24.7 Å². The zero-order valence-corrected chi connectivity index (χ0v) is 14.6. The van der Waals surface area contributed by atoms with Crippen molar-refractivity contribution in [2.24, 2.45) is 5.73 Å². The number of allylic oxidation sites excluding steroid dienone is 2. The second-order valence-electron chi connectivity index (χ2n) is 4.86. The van der Waals surface area contributed by atoms with Crippen LogP contribution in [0.1, 0.15) is 25.0 Å². The topological polar surface area (TPSA) is 83.8 Å². The first kappa shape index (κ1) is 19.4. The van der Waals surface area contributed by atoms with E-state index in [4.69, 9.17) is 5.73 Å². The van der Waals surface area contributed by atoms with E-state index in [-0.39, 0.29) is 5.56 Å². The van der Waals surface area contributed by atoms with Gasteiger partial charge in [-0.3, -0.25) is 9.78 Å². The number of aromatic amines is 1. The van der Waals surface area contributed by atoms with Crippen molar-refractivity contribution in [1.82, 2.24) is 9.97 Å². The molecule has 0 spiro atoms. The fourth-order valence-electron chi connectivity index (χ4n) is 2.03. The maximum Gasteiger partial charge on any atom is 0.252 e. The SMILES string of the molecule is C=C/C=C\c1cc(-c2cc(=O)[nH]c(NCCN)n2)ccc1C.CC. The standard InChI is InChI=1S/C17H20N4O.C2H6/c1-3-4-5-13-10-14(7-6-12(13)2)15-11-16(22)21-17(20-15)19-9-8-18;1-2/h3-7,10-11H,1,8-9,18H2,2H3,(H2,19,20,21,22);1-2H3/b5-4-;. The van der Waals surface area contributed by atoms with Gasteiger partial charge in [0.05, 0.1) is 5.69 Å². The van der Waals surface area contributed by atoms with Crippen LogP contribution >= 0.6 is 0 Å². The van der Waals surface area contributed by atoms with E-state index in [0.717, 1.165) is 16.7 Å². The molecule has 5 heteroatoms. The van der Waals surface area contributed by atoms with Crippen LogP contribution in [-0.4, -0.2) is 23.1 Å². The highest BCUT2D eigenvalue weighted by molar-refractivity contribution is 5.67. The van der Waals surface area contributed by atoms with Gasteiger partial charge in [-0.1, -0.05) is 50.8 Å². The van der Waals surface area contributed by atoms with Crippen LogP contribution in [0, 0.1) is 6.92 Å². The number of aromatic nitrogens is 2. The number of aryl methyl sites for hydroxylation is 1. The van der Waals surface area contributed by atoms with Gasteiger partial charge in [0.15, 0.2) is 0 Å². The van der Waals surface area contributed by atoms with E-state index >= 15 is 0 Å². The summed E-state index contributed by atoms with van der Waals surface area (Å²) in [7, 11) is 0. The van der Waals surface area contributed by atoms with Crippen molar-refractivity contribution in [1.29, 1.82) is 0 Å². The Balaban J connectivity index is 0.00000139. The van der Waals surface area contributed by atoms with Crippen LogP contribution in [0.4, 0.5) is 5.95 Å². The largest absolute Gasteiger partial charge is 0.354 e. The molecule has 0 bridgehead atoms. The Kier molecular flexibility index (Phi) is 8.22. The number of nitrogens with two attached hydrogens (primary N) is 1. The minimum atomic E-state index is -0.201. The second kappa shape index (κ2) is 10.2. The summed E-state index contributed by atoms with van der Waals surface area (Å²) in [6, 6.07) is 7.45. The Hall–Kier alpha value is -2.66. The van der Waals surface area contributed by atoms with E-state index in [0.29, 0.717) is 24.7 Å². The zero-order chi connectivity index (χ0) is 17.9. The summed E-state index contributed by atoms with van der Waals surface area (Å²) >= 11 is 0. The van der Waals surface area contributed by atoms with Crippen LogP contribution in [0.3, 0.4) is 0 Å². The van der Waals surface area contributed by atoms with Crippen LogP contribution in [0.5, 0.6) is 0 Å². The van der Waals surface area contributed by atoms with Gasteiger partial charge in [-0.25, -0.2) is 4.98 Å². The molecular weight excluding hydrogens is 300 g/mol. The highest BCUT2D eigenvalue weighted by atomic mass is 16.1. The Morgan fingerprint density at radius 3 is 2.75 bits per heavy atom. The van der Waals surface area contributed by atoms with Crippen molar-refractivity contribution >= 4 is 12.0 Å². The van der Waals surface area contributed by atoms with E-state index in [2.05, 4.69) is 21.9 Å². The highest BCUT2D eigenvalue weighted by Crippen LogP contribution is 2.21. The minimum absolute atomic E-state index is 0.201. The van der Waals surface area contributed by atoms with Gasteiger partial charge in [-0.15, -0.1) is 0 Å². The maximum atomic E-state index is 11.8. The first-order valence-electron chi connectivity index (χ1n) is 8.09. The lowest BCUT2D eigenvalue weighted by Crippen LogP contribution is -2.18. The molecule has 0 radical (unpaired) electrons. The lowest BCUT2D eigenvalue weighted by Gasteiger charge is -2.08. The number of nitrogens with zero attached hydrogens (tertiary/aromatic N) is 1.